The lowest BCUT2D eigenvalue weighted by molar-refractivity contribution is -0.112. The minimum Gasteiger partial charge on any atom is -0.292 e. The molecule has 0 aromatic heterocycles. The van der Waals surface area contributed by atoms with Crippen molar-refractivity contribution in [2.24, 2.45) is 5.10 Å². The van der Waals surface area contributed by atoms with Crippen molar-refractivity contribution in [3.05, 3.63) is 0 Å². The van der Waals surface area contributed by atoms with Gasteiger partial charge in [0.05, 0.1) is 12.8 Å². The quantitative estimate of drug-likeness (QED) is 0.394. The van der Waals surface area contributed by atoms with Crippen LogP contribution < -0.4 is 11.0 Å². The van der Waals surface area contributed by atoms with Gasteiger partial charge in [0.15, 0.2) is 5.78 Å². The number of hydrazone groups is 1. The summed E-state index contributed by atoms with van der Waals surface area (Å²) in [5, 5.41) is 3.42. The van der Waals surface area contributed by atoms with Gasteiger partial charge in [-0.25, -0.2) is 11.0 Å². The number of hydrazine groups is 1. The standard InChI is InChI=1S/C3H5N3O/c7-3-1-4-6-5-2-3/h1,5-6H,2H2. The number of hydrogen-bond donors (Lipinski definition) is 2. The zero-order valence-electron chi connectivity index (χ0n) is 3.64. The van der Waals surface area contributed by atoms with Crippen LogP contribution in [0.2, 0.25) is 0 Å². The second-order valence-electron chi connectivity index (χ2n) is 1.19. The molecule has 1 aliphatic rings. The highest BCUT2D eigenvalue weighted by Gasteiger charge is 1.97. The van der Waals surface area contributed by atoms with E-state index < -0.39 is 0 Å². The third-order valence-electron chi connectivity index (χ3n) is 0.615. The van der Waals surface area contributed by atoms with Crippen LogP contribution in [0.25, 0.3) is 0 Å². The van der Waals surface area contributed by atoms with Crippen LogP contribution in [0.4, 0.5) is 0 Å². The SMILES string of the molecule is O=C1C=NNNC1. The number of carbonyl (C=O) groups excluding carboxylic acids is 1. The zero-order chi connectivity index (χ0) is 5.11. The molecule has 4 nitrogen and oxygen atoms in total. The number of rotatable bonds is 0. The summed E-state index contributed by atoms with van der Waals surface area (Å²) in [6.45, 7) is 0.337. The van der Waals surface area contributed by atoms with Gasteiger partial charge in [0, 0.05) is 0 Å². The van der Waals surface area contributed by atoms with E-state index in [0.29, 0.717) is 6.54 Å². The van der Waals surface area contributed by atoms with Gasteiger partial charge in [-0.3, -0.25) is 4.79 Å². The number of nitrogens with one attached hydrogen (secondary N) is 2. The first kappa shape index (κ1) is 4.26. The van der Waals surface area contributed by atoms with Crippen LogP contribution >= 0.6 is 0 Å². The molecule has 38 valence electrons. The van der Waals surface area contributed by atoms with Gasteiger partial charge in [-0.1, -0.05) is 0 Å². The van der Waals surface area contributed by atoms with Gasteiger partial charge in [-0.05, 0) is 0 Å². The van der Waals surface area contributed by atoms with Gasteiger partial charge >= 0.3 is 0 Å². The largest absolute Gasteiger partial charge is 0.292 e. The molecule has 0 fully saturated rings. The predicted molar refractivity (Wildman–Crippen MR) is 24.6 cm³/mol. The summed E-state index contributed by atoms with van der Waals surface area (Å²) in [4.78, 5) is 10.2. The van der Waals surface area contributed by atoms with Crippen molar-refractivity contribution in [2.75, 3.05) is 6.54 Å². The first-order valence-corrected chi connectivity index (χ1v) is 1.93. The molecule has 1 rings (SSSR count). The summed E-state index contributed by atoms with van der Waals surface area (Å²) in [6, 6.07) is 0. The van der Waals surface area contributed by atoms with E-state index in [1.54, 1.807) is 0 Å². The van der Waals surface area contributed by atoms with Crippen LogP contribution in [0.15, 0.2) is 5.10 Å². The van der Waals surface area contributed by atoms with Crippen LogP contribution in [0.3, 0.4) is 0 Å². The third-order valence-corrected chi connectivity index (χ3v) is 0.615. The minimum atomic E-state index is -0.00116. The van der Waals surface area contributed by atoms with Gasteiger partial charge < -0.3 is 0 Å². The molecule has 1 aliphatic heterocycles. The maximum atomic E-state index is 10.2. The molecule has 7 heavy (non-hydrogen) atoms. The van der Waals surface area contributed by atoms with Gasteiger partial charge in [0.2, 0.25) is 0 Å². The molecule has 0 unspecified atom stereocenters. The number of hydrogen-bond acceptors (Lipinski definition) is 4. The number of carbonyl (C=O) groups is 1. The van der Waals surface area contributed by atoms with Crippen LogP contribution in [0.5, 0.6) is 0 Å². The van der Waals surface area contributed by atoms with Gasteiger partial charge in [-0.2, -0.15) is 5.10 Å². The molecular formula is C3H5N3O. The summed E-state index contributed by atoms with van der Waals surface area (Å²) >= 11 is 0. The fourth-order valence-corrected chi connectivity index (χ4v) is 0.322. The molecule has 0 aromatic carbocycles. The maximum Gasteiger partial charge on any atom is 0.191 e. The van der Waals surface area contributed by atoms with Gasteiger partial charge in [0.1, 0.15) is 0 Å². The highest BCUT2D eigenvalue weighted by atomic mass is 16.1. The topological polar surface area (TPSA) is 53.5 Å². The molecule has 0 atom stereocenters. The Kier molecular flexibility index (Phi) is 1.04. The van der Waals surface area contributed by atoms with Crippen LogP contribution in [0, 0.1) is 0 Å². The van der Waals surface area contributed by atoms with Crippen LogP contribution in [0.1, 0.15) is 0 Å². The Bertz CT molecular complexity index is 109. The van der Waals surface area contributed by atoms with Crippen molar-refractivity contribution in [1.82, 2.24) is 11.0 Å². The van der Waals surface area contributed by atoms with Gasteiger partial charge in [0.25, 0.3) is 0 Å². The third kappa shape index (κ3) is 0.972. The molecular weight excluding hydrogens is 94.1 g/mol. The smallest absolute Gasteiger partial charge is 0.191 e. The second kappa shape index (κ2) is 1.70. The molecule has 0 bridgehead atoms. The minimum absolute atomic E-state index is 0.00116. The number of ketones is 1. The summed E-state index contributed by atoms with van der Waals surface area (Å²) in [7, 11) is 0. The lowest BCUT2D eigenvalue weighted by atomic mass is 10.4. The Morgan fingerprint density at radius 2 is 2.71 bits per heavy atom. The fraction of sp³-hybridized carbons (Fsp3) is 0.333. The van der Waals surface area contributed by atoms with E-state index >= 15 is 0 Å². The monoisotopic (exact) mass is 99.0 g/mol. The highest BCUT2D eigenvalue weighted by Crippen LogP contribution is 1.66. The summed E-state index contributed by atoms with van der Waals surface area (Å²) < 4.78 is 0. The molecule has 0 spiro atoms. The Labute approximate surface area is 40.6 Å². The lowest BCUT2D eigenvalue weighted by Gasteiger charge is -2.03. The lowest BCUT2D eigenvalue weighted by Crippen LogP contribution is -2.37. The van der Waals surface area contributed by atoms with E-state index in [1.807, 2.05) is 0 Å². The molecule has 0 amide bonds. The van der Waals surface area contributed by atoms with Gasteiger partial charge in [-0.15, -0.1) is 0 Å². The van der Waals surface area contributed by atoms with E-state index in [9.17, 15) is 4.79 Å². The molecule has 4 heteroatoms. The molecule has 2 N–H and O–H groups in total. The Hall–Kier alpha value is -0.900. The van der Waals surface area contributed by atoms with Crippen LogP contribution in [-0.2, 0) is 4.79 Å². The molecule has 0 saturated carbocycles. The predicted octanol–water partition coefficient (Wildman–Crippen LogP) is -1.35. The normalized spacial score (nSPS) is 19.1. The van der Waals surface area contributed by atoms with Crippen molar-refractivity contribution >= 4 is 12.0 Å². The average molecular weight is 99.1 g/mol. The van der Waals surface area contributed by atoms with Crippen LogP contribution in [-0.4, -0.2) is 18.5 Å². The van der Waals surface area contributed by atoms with Crippen molar-refractivity contribution in [3.63, 3.8) is 0 Å². The van der Waals surface area contributed by atoms with Crippen molar-refractivity contribution in [3.8, 4) is 0 Å². The number of Topliss-reactive ketones (excluding diaryl/α,β-unsaturated/α-hetero) is 1. The molecule has 0 aromatic rings. The Morgan fingerprint density at radius 3 is 3.00 bits per heavy atom. The molecule has 0 radical (unpaired) electrons. The van der Waals surface area contributed by atoms with E-state index in [1.165, 1.54) is 6.21 Å². The van der Waals surface area contributed by atoms with E-state index in [2.05, 4.69) is 16.1 Å². The number of nitrogens with zero attached hydrogens (tertiary/aromatic N) is 1. The van der Waals surface area contributed by atoms with E-state index in [-0.39, 0.29) is 5.78 Å². The van der Waals surface area contributed by atoms with Crippen molar-refractivity contribution in [2.45, 2.75) is 0 Å². The zero-order valence-corrected chi connectivity index (χ0v) is 3.64. The molecule has 0 saturated heterocycles. The summed E-state index contributed by atoms with van der Waals surface area (Å²) in [5.41, 5.74) is 4.95. The van der Waals surface area contributed by atoms with Crippen molar-refractivity contribution < 1.29 is 4.79 Å². The second-order valence-corrected chi connectivity index (χ2v) is 1.19. The molecule has 1 heterocycles. The first-order chi connectivity index (χ1) is 3.39. The summed E-state index contributed by atoms with van der Waals surface area (Å²) in [5.74, 6) is -0.00116. The first-order valence-electron chi connectivity index (χ1n) is 1.93. The van der Waals surface area contributed by atoms with Crippen molar-refractivity contribution in [1.29, 1.82) is 0 Å². The maximum absolute atomic E-state index is 10.2. The highest BCUT2D eigenvalue weighted by molar-refractivity contribution is 6.28. The van der Waals surface area contributed by atoms with E-state index in [4.69, 9.17) is 0 Å². The summed E-state index contributed by atoms with van der Waals surface area (Å²) in [6.07, 6.45) is 1.25. The Morgan fingerprint density at radius 1 is 1.86 bits per heavy atom. The molecule has 0 aliphatic carbocycles. The van der Waals surface area contributed by atoms with E-state index in [0.717, 1.165) is 0 Å². The Balaban J connectivity index is 2.51. The average Bonchev–Trinajstić information content (AvgIpc) is 1.69. The fourth-order valence-electron chi connectivity index (χ4n) is 0.322.